The summed E-state index contributed by atoms with van der Waals surface area (Å²) in [5.41, 5.74) is 5.49. The molecule has 4 nitrogen and oxygen atoms in total. The normalized spacial score (nSPS) is 15.6. The van der Waals surface area contributed by atoms with E-state index in [4.69, 9.17) is 9.72 Å². The summed E-state index contributed by atoms with van der Waals surface area (Å²) in [5.74, 6) is 3.08. The molecule has 51 heavy (non-hydrogen) atoms. The summed E-state index contributed by atoms with van der Waals surface area (Å²) in [4.78, 5) is 5.22. The van der Waals surface area contributed by atoms with Crippen molar-refractivity contribution in [1.82, 2.24) is 14.0 Å². The Morgan fingerprint density at radius 1 is 0.529 bits per heavy atom. The first-order chi connectivity index (χ1) is 25.1. The molecule has 0 unspecified atom stereocenters. The third kappa shape index (κ3) is 4.37. The molecule has 7 aromatic carbocycles. The van der Waals surface area contributed by atoms with E-state index in [1.54, 1.807) is 0 Å². The molecule has 0 aliphatic carbocycles. The SMILES string of the molecule is [SiH3][Si]1([SiH3])c2ccccc2Oc2c1cccc2[Si](c1ccccc1)(c1ccccc1)c1cccc(-n2c3ccccc3n3c4ccccc4nc23)c1. The number of ether oxygens (including phenoxy) is 1. The Morgan fingerprint density at radius 3 is 1.88 bits per heavy atom. The molecule has 8 heteroatoms. The van der Waals surface area contributed by atoms with Crippen LogP contribution in [0.2, 0.25) is 0 Å². The van der Waals surface area contributed by atoms with E-state index in [1.807, 2.05) is 0 Å². The van der Waals surface area contributed by atoms with Crippen LogP contribution in [0.3, 0.4) is 0 Å². The van der Waals surface area contributed by atoms with Gasteiger partial charge in [-0.25, -0.2) is 4.98 Å². The van der Waals surface area contributed by atoms with Crippen LogP contribution >= 0.6 is 0 Å². The molecule has 0 saturated carbocycles. The van der Waals surface area contributed by atoms with Crippen molar-refractivity contribution in [2.24, 2.45) is 0 Å². The molecule has 0 atom stereocenters. The lowest BCUT2D eigenvalue weighted by molar-refractivity contribution is 0.491. The van der Waals surface area contributed by atoms with Gasteiger partial charge in [0.15, 0.2) is 8.07 Å². The van der Waals surface area contributed by atoms with Gasteiger partial charge in [-0.05, 0) is 73.6 Å². The standard InChI is InChI=1S/C43H35N3OSi4/c48-51(49)39-26-12-11-25-38(39)47-42-40(27-14-28-41(42)51)50(31-16-3-1-4-17-31,32-18-5-2-6-19-32)33-20-13-15-30(29-33)45-36-23-9-10-24-37(36)46-35-22-8-7-21-34(35)44-43(45)46/h1-29H,48-49H3. The van der Waals surface area contributed by atoms with E-state index >= 15 is 0 Å². The van der Waals surface area contributed by atoms with E-state index in [1.165, 1.54) is 31.1 Å². The van der Waals surface area contributed by atoms with E-state index in [2.05, 4.69) is 185 Å². The Bertz CT molecular complexity index is 2740. The number of fused-ring (bicyclic) bond motifs is 7. The zero-order valence-corrected chi connectivity index (χ0v) is 34.5. The van der Waals surface area contributed by atoms with Gasteiger partial charge in [0.2, 0.25) is 5.78 Å². The van der Waals surface area contributed by atoms with Crippen molar-refractivity contribution in [3.8, 4) is 17.2 Å². The minimum Gasteiger partial charge on any atom is -0.458 e. The molecule has 0 N–H and O–H groups in total. The second-order valence-electron chi connectivity index (χ2n) is 14.0. The van der Waals surface area contributed by atoms with E-state index in [-0.39, 0.29) is 0 Å². The Morgan fingerprint density at radius 2 is 1.12 bits per heavy atom. The van der Waals surface area contributed by atoms with Gasteiger partial charge in [-0.15, -0.1) is 0 Å². The quantitative estimate of drug-likeness (QED) is 0.202. The van der Waals surface area contributed by atoms with Crippen LogP contribution in [-0.4, -0.2) is 48.7 Å². The molecular formula is C43H35N3OSi4. The summed E-state index contributed by atoms with van der Waals surface area (Å²) in [6.45, 7) is 0. The number of imidazole rings is 2. The van der Waals surface area contributed by atoms with Crippen molar-refractivity contribution in [3.63, 3.8) is 0 Å². The zero-order chi connectivity index (χ0) is 34.2. The highest BCUT2D eigenvalue weighted by Gasteiger charge is 2.47. The number of aromatic nitrogens is 3. The second kappa shape index (κ2) is 11.5. The Labute approximate surface area is 304 Å². The highest BCUT2D eigenvalue weighted by atomic mass is 29.6. The van der Waals surface area contributed by atoms with Crippen LogP contribution in [0.5, 0.6) is 11.5 Å². The lowest BCUT2D eigenvalue weighted by Gasteiger charge is -2.40. The number of hydrogen-bond acceptors (Lipinski definition) is 2. The number of nitrogens with zero attached hydrogens (tertiary/aromatic N) is 3. The molecule has 0 bridgehead atoms. The number of hydrogen-bond donors (Lipinski definition) is 0. The lowest BCUT2D eigenvalue weighted by Crippen LogP contribution is -2.76. The average Bonchev–Trinajstić information content (AvgIpc) is 3.71. The summed E-state index contributed by atoms with van der Waals surface area (Å²) in [6, 6.07) is 64.8. The van der Waals surface area contributed by atoms with Crippen LogP contribution in [0.1, 0.15) is 0 Å². The smallest absolute Gasteiger partial charge is 0.220 e. The van der Waals surface area contributed by atoms with Gasteiger partial charge in [0.05, 0.1) is 29.2 Å². The van der Waals surface area contributed by atoms with Gasteiger partial charge < -0.3 is 4.74 Å². The van der Waals surface area contributed by atoms with Crippen molar-refractivity contribution in [2.45, 2.75) is 0 Å². The van der Waals surface area contributed by atoms with Gasteiger partial charge in [-0.2, -0.15) is 0 Å². The number of para-hydroxylation sites is 6. The number of benzene rings is 7. The van der Waals surface area contributed by atoms with Gasteiger partial charge >= 0.3 is 0 Å². The van der Waals surface area contributed by atoms with Gasteiger partial charge in [0.1, 0.15) is 11.5 Å². The highest BCUT2D eigenvalue weighted by Crippen LogP contribution is 2.31. The molecule has 0 spiro atoms. The second-order valence-corrected chi connectivity index (χ2v) is 40.1. The van der Waals surface area contributed by atoms with Crippen LogP contribution in [0.15, 0.2) is 176 Å². The first kappa shape index (κ1) is 30.3. The number of rotatable bonds is 5. The van der Waals surface area contributed by atoms with Crippen LogP contribution in [0, 0.1) is 0 Å². The van der Waals surface area contributed by atoms with E-state index in [9.17, 15) is 0 Å². The molecule has 244 valence electrons. The third-order valence-corrected chi connectivity index (χ3v) is 25.7. The maximum absolute atomic E-state index is 7.16. The minimum absolute atomic E-state index is 0.918. The predicted molar refractivity (Wildman–Crippen MR) is 225 cm³/mol. The van der Waals surface area contributed by atoms with Crippen molar-refractivity contribution in [1.29, 1.82) is 0 Å². The molecule has 2 aromatic heterocycles. The molecule has 0 amide bonds. The van der Waals surface area contributed by atoms with Crippen LogP contribution in [-0.2, 0) is 0 Å². The maximum Gasteiger partial charge on any atom is 0.220 e. The minimum atomic E-state index is -2.99. The molecule has 0 radical (unpaired) electrons. The fourth-order valence-electron chi connectivity index (χ4n) is 8.59. The maximum atomic E-state index is 7.16. The molecule has 0 fully saturated rings. The summed E-state index contributed by atoms with van der Waals surface area (Å²) >= 11 is 0. The van der Waals surface area contributed by atoms with Crippen molar-refractivity contribution >= 4 is 93.7 Å². The van der Waals surface area contributed by atoms with Gasteiger partial charge in [0.25, 0.3) is 0 Å². The molecule has 9 aromatic rings. The summed E-state index contributed by atoms with van der Waals surface area (Å²) < 4.78 is 11.8. The van der Waals surface area contributed by atoms with Crippen molar-refractivity contribution in [3.05, 3.63) is 176 Å². The molecule has 1 aliphatic rings. The Balaban J connectivity index is 1.31. The third-order valence-electron chi connectivity index (χ3n) is 10.9. The molecule has 10 rings (SSSR count). The van der Waals surface area contributed by atoms with Crippen molar-refractivity contribution in [2.75, 3.05) is 0 Å². The fraction of sp³-hybridized carbons (Fsp3) is 0. The summed E-state index contributed by atoms with van der Waals surface area (Å²) in [5, 5.41) is 8.26. The molecule has 3 heterocycles. The van der Waals surface area contributed by atoms with Crippen LogP contribution in [0.4, 0.5) is 0 Å². The summed E-state index contributed by atoms with van der Waals surface area (Å²) in [7, 11) is -2.51. The highest BCUT2D eigenvalue weighted by molar-refractivity contribution is 7.53. The van der Waals surface area contributed by atoms with E-state index in [0.717, 1.165) is 64.6 Å². The summed E-state index contributed by atoms with van der Waals surface area (Å²) in [6.07, 6.45) is 0. The monoisotopic (exact) mass is 721 g/mol. The van der Waals surface area contributed by atoms with Gasteiger partial charge in [0, 0.05) is 25.2 Å². The fourth-order valence-corrected chi connectivity index (χ4v) is 21.3. The Hall–Kier alpha value is -5.52. The average molecular weight is 722 g/mol. The lowest BCUT2D eigenvalue weighted by atomic mass is 10.2. The van der Waals surface area contributed by atoms with Crippen LogP contribution < -0.4 is 35.9 Å². The molecule has 0 saturated heterocycles. The predicted octanol–water partition coefficient (Wildman–Crippen LogP) is 3.20. The zero-order valence-electron chi connectivity index (χ0n) is 28.5. The largest absolute Gasteiger partial charge is 0.458 e. The van der Waals surface area contributed by atoms with E-state index < -0.39 is 15.2 Å². The van der Waals surface area contributed by atoms with Gasteiger partial charge in [-0.3, -0.25) is 8.97 Å². The molecule has 1 aliphatic heterocycles. The van der Waals surface area contributed by atoms with Crippen LogP contribution in [0.25, 0.3) is 33.5 Å². The molecular weight excluding hydrogens is 687 g/mol. The van der Waals surface area contributed by atoms with Gasteiger partial charge in [-0.1, -0.05) is 133 Å². The van der Waals surface area contributed by atoms with Crippen molar-refractivity contribution < 1.29 is 4.74 Å². The first-order valence-corrected chi connectivity index (χ1v) is 28.6. The topological polar surface area (TPSA) is 31.5 Å². The van der Waals surface area contributed by atoms with E-state index in [0.29, 0.717) is 0 Å². The Kier molecular flexibility index (Phi) is 6.84. The first-order valence-electron chi connectivity index (χ1n) is 17.6.